The number of amides is 1. The molecule has 1 heterocycles. The van der Waals surface area contributed by atoms with Crippen LogP contribution >= 0.6 is 22.9 Å². The largest absolute Gasteiger partial charge is 0.350 e. The molecule has 20 heavy (non-hydrogen) atoms. The standard InChI is InChI=1S/C15H15ClN2OS/c1-9-18-12(8-20-9)7-17-15(19)14-6-13(14)10-2-4-11(16)5-3-10/h2-5,8,13-14H,6-7H2,1H3,(H,17,19)/t13-,14+/m1/s1. The molecule has 0 saturated heterocycles. The van der Waals surface area contributed by atoms with E-state index in [-0.39, 0.29) is 11.8 Å². The number of nitrogens with zero attached hydrogens (tertiary/aromatic N) is 1. The van der Waals surface area contributed by atoms with Crippen LogP contribution in [0.5, 0.6) is 0 Å². The summed E-state index contributed by atoms with van der Waals surface area (Å²) >= 11 is 7.47. The van der Waals surface area contributed by atoms with Gasteiger partial charge in [-0.3, -0.25) is 4.79 Å². The van der Waals surface area contributed by atoms with Crippen molar-refractivity contribution < 1.29 is 4.79 Å². The third kappa shape index (κ3) is 3.02. The molecule has 0 unspecified atom stereocenters. The summed E-state index contributed by atoms with van der Waals surface area (Å²) in [7, 11) is 0. The zero-order chi connectivity index (χ0) is 14.1. The van der Waals surface area contributed by atoms with Gasteiger partial charge in [0.05, 0.1) is 17.2 Å². The molecular weight excluding hydrogens is 292 g/mol. The number of hydrogen-bond acceptors (Lipinski definition) is 3. The van der Waals surface area contributed by atoms with E-state index in [0.717, 1.165) is 22.1 Å². The number of halogens is 1. The number of hydrogen-bond donors (Lipinski definition) is 1. The number of thiazole rings is 1. The highest BCUT2D eigenvalue weighted by Gasteiger charge is 2.43. The molecule has 5 heteroatoms. The van der Waals surface area contributed by atoms with Crippen LogP contribution < -0.4 is 5.32 Å². The summed E-state index contributed by atoms with van der Waals surface area (Å²) in [6.07, 6.45) is 0.920. The second kappa shape index (κ2) is 5.54. The van der Waals surface area contributed by atoms with Gasteiger partial charge in [0, 0.05) is 16.3 Å². The van der Waals surface area contributed by atoms with Crippen LogP contribution in [0, 0.1) is 12.8 Å². The molecule has 1 fully saturated rings. The van der Waals surface area contributed by atoms with E-state index in [4.69, 9.17) is 11.6 Å². The predicted molar refractivity (Wildman–Crippen MR) is 81.0 cm³/mol. The molecule has 0 spiro atoms. The summed E-state index contributed by atoms with van der Waals surface area (Å²) in [5, 5.41) is 6.71. The normalized spacial score (nSPS) is 20.7. The van der Waals surface area contributed by atoms with E-state index in [1.165, 1.54) is 5.56 Å². The molecule has 0 radical (unpaired) electrons. The Morgan fingerprint density at radius 3 is 2.85 bits per heavy atom. The van der Waals surface area contributed by atoms with Gasteiger partial charge in [0.25, 0.3) is 0 Å². The molecule has 1 saturated carbocycles. The summed E-state index contributed by atoms with van der Waals surface area (Å²) in [5.41, 5.74) is 2.13. The smallest absolute Gasteiger partial charge is 0.224 e. The quantitative estimate of drug-likeness (QED) is 0.939. The van der Waals surface area contributed by atoms with Gasteiger partial charge in [-0.05, 0) is 37.0 Å². The first-order valence-corrected chi connectivity index (χ1v) is 7.83. The summed E-state index contributed by atoms with van der Waals surface area (Å²) in [4.78, 5) is 16.4. The van der Waals surface area contributed by atoms with E-state index in [2.05, 4.69) is 10.3 Å². The fraction of sp³-hybridized carbons (Fsp3) is 0.333. The molecule has 1 aromatic carbocycles. The third-order valence-corrected chi connectivity index (χ3v) is 4.61. The SMILES string of the molecule is Cc1nc(CNC(=O)[C@H]2C[C@@H]2c2ccc(Cl)cc2)cs1. The van der Waals surface area contributed by atoms with E-state index < -0.39 is 0 Å². The topological polar surface area (TPSA) is 42.0 Å². The minimum Gasteiger partial charge on any atom is -0.350 e. The first kappa shape index (κ1) is 13.6. The van der Waals surface area contributed by atoms with Crippen molar-refractivity contribution in [3.8, 4) is 0 Å². The minimum absolute atomic E-state index is 0.0934. The minimum atomic E-state index is 0.0934. The molecule has 1 aliphatic carbocycles. The maximum Gasteiger partial charge on any atom is 0.224 e. The number of nitrogens with one attached hydrogen (secondary N) is 1. The Kier molecular flexibility index (Phi) is 3.76. The van der Waals surface area contributed by atoms with Crippen molar-refractivity contribution >= 4 is 28.8 Å². The predicted octanol–water partition coefficient (Wildman–Crippen LogP) is 3.52. The van der Waals surface area contributed by atoms with Crippen molar-refractivity contribution in [1.29, 1.82) is 0 Å². The van der Waals surface area contributed by atoms with E-state index in [0.29, 0.717) is 12.5 Å². The third-order valence-electron chi connectivity index (χ3n) is 3.54. The van der Waals surface area contributed by atoms with E-state index >= 15 is 0 Å². The second-order valence-corrected chi connectivity index (χ2v) is 6.57. The highest BCUT2D eigenvalue weighted by Crippen LogP contribution is 2.47. The lowest BCUT2D eigenvalue weighted by molar-refractivity contribution is -0.122. The van der Waals surface area contributed by atoms with E-state index in [1.807, 2.05) is 36.6 Å². The van der Waals surface area contributed by atoms with Gasteiger partial charge in [-0.15, -0.1) is 11.3 Å². The maximum absolute atomic E-state index is 12.1. The van der Waals surface area contributed by atoms with Crippen LogP contribution in [-0.2, 0) is 11.3 Å². The molecule has 0 bridgehead atoms. The van der Waals surface area contributed by atoms with Gasteiger partial charge < -0.3 is 5.32 Å². The monoisotopic (exact) mass is 306 g/mol. The van der Waals surface area contributed by atoms with Crippen LogP contribution in [0.15, 0.2) is 29.6 Å². The molecule has 2 aromatic rings. The van der Waals surface area contributed by atoms with Gasteiger partial charge in [0.2, 0.25) is 5.91 Å². The Bertz CT molecular complexity index is 623. The molecule has 2 atom stereocenters. The fourth-order valence-corrected chi connectivity index (χ4v) is 3.10. The van der Waals surface area contributed by atoms with E-state index in [1.54, 1.807) is 11.3 Å². The molecule has 1 aromatic heterocycles. The van der Waals surface area contributed by atoms with Crippen LogP contribution in [0.25, 0.3) is 0 Å². The maximum atomic E-state index is 12.1. The summed E-state index contributed by atoms with van der Waals surface area (Å²) in [5.74, 6) is 0.552. The molecule has 3 rings (SSSR count). The van der Waals surface area contributed by atoms with Gasteiger partial charge in [-0.1, -0.05) is 23.7 Å². The summed E-state index contributed by atoms with van der Waals surface area (Å²) < 4.78 is 0. The van der Waals surface area contributed by atoms with Crippen LogP contribution in [-0.4, -0.2) is 10.9 Å². The molecule has 1 N–H and O–H groups in total. The van der Waals surface area contributed by atoms with Crippen molar-refractivity contribution in [2.45, 2.75) is 25.8 Å². The number of aryl methyl sites for hydroxylation is 1. The Balaban J connectivity index is 1.53. The van der Waals surface area contributed by atoms with Crippen molar-refractivity contribution in [3.63, 3.8) is 0 Å². The highest BCUT2D eigenvalue weighted by atomic mass is 35.5. The number of rotatable bonds is 4. The summed E-state index contributed by atoms with van der Waals surface area (Å²) in [6.45, 7) is 2.49. The number of aromatic nitrogens is 1. The van der Waals surface area contributed by atoms with Crippen LogP contribution in [0.3, 0.4) is 0 Å². The van der Waals surface area contributed by atoms with Gasteiger partial charge in [0.1, 0.15) is 0 Å². The molecule has 1 amide bonds. The Morgan fingerprint density at radius 1 is 1.45 bits per heavy atom. The zero-order valence-corrected chi connectivity index (χ0v) is 12.7. The lowest BCUT2D eigenvalue weighted by Gasteiger charge is -2.03. The van der Waals surface area contributed by atoms with Crippen molar-refractivity contribution in [2.75, 3.05) is 0 Å². The average molecular weight is 307 g/mol. The first-order chi connectivity index (χ1) is 9.63. The molecule has 0 aliphatic heterocycles. The first-order valence-electron chi connectivity index (χ1n) is 6.57. The molecule has 1 aliphatic rings. The average Bonchev–Trinajstić information content (AvgIpc) is 3.13. The lowest BCUT2D eigenvalue weighted by Crippen LogP contribution is -2.25. The van der Waals surface area contributed by atoms with Crippen LogP contribution in [0.1, 0.15) is 28.6 Å². The molecular formula is C15H15ClN2OS. The van der Waals surface area contributed by atoms with Crippen molar-refractivity contribution in [2.24, 2.45) is 5.92 Å². The number of carbonyl (C=O) groups is 1. The van der Waals surface area contributed by atoms with Crippen molar-refractivity contribution in [3.05, 3.63) is 50.9 Å². The number of benzene rings is 1. The second-order valence-electron chi connectivity index (χ2n) is 5.08. The van der Waals surface area contributed by atoms with Crippen molar-refractivity contribution in [1.82, 2.24) is 10.3 Å². The molecule has 3 nitrogen and oxygen atoms in total. The fourth-order valence-electron chi connectivity index (χ4n) is 2.36. The van der Waals surface area contributed by atoms with Crippen LogP contribution in [0.2, 0.25) is 5.02 Å². The van der Waals surface area contributed by atoms with Crippen LogP contribution in [0.4, 0.5) is 0 Å². The van der Waals surface area contributed by atoms with Gasteiger partial charge in [-0.2, -0.15) is 0 Å². The van der Waals surface area contributed by atoms with Gasteiger partial charge in [0.15, 0.2) is 0 Å². The number of carbonyl (C=O) groups excluding carboxylic acids is 1. The highest BCUT2D eigenvalue weighted by molar-refractivity contribution is 7.09. The lowest BCUT2D eigenvalue weighted by atomic mass is 10.1. The molecule has 104 valence electrons. The van der Waals surface area contributed by atoms with Gasteiger partial charge >= 0.3 is 0 Å². The van der Waals surface area contributed by atoms with Gasteiger partial charge in [-0.25, -0.2) is 4.98 Å². The summed E-state index contributed by atoms with van der Waals surface area (Å²) in [6, 6.07) is 7.76. The zero-order valence-electron chi connectivity index (χ0n) is 11.1. The Morgan fingerprint density at radius 2 is 2.20 bits per heavy atom. The van der Waals surface area contributed by atoms with E-state index in [9.17, 15) is 4.79 Å². The Labute approximate surface area is 127 Å². The Hall–Kier alpha value is -1.39.